The monoisotopic (exact) mass is 288 g/mol. The fraction of sp³-hybridized carbons (Fsp3) is 0.0714. The predicted molar refractivity (Wildman–Crippen MR) is 75.8 cm³/mol. The molecule has 3 aromatic rings. The van der Waals surface area contributed by atoms with Gasteiger partial charge in [-0.3, -0.25) is 0 Å². The lowest BCUT2D eigenvalue weighted by molar-refractivity contribution is 0.467. The minimum Gasteiger partial charge on any atom is -0.345 e. The summed E-state index contributed by atoms with van der Waals surface area (Å²) in [6.07, 6.45) is 0. The Kier molecular flexibility index (Phi) is 3.15. The summed E-state index contributed by atoms with van der Waals surface area (Å²) in [5.41, 5.74) is 2.07. The molecular formula is C14H12N2O3S. The molecule has 0 spiro atoms. The number of imidazole rings is 1. The van der Waals surface area contributed by atoms with Gasteiger partial charge in [0.2, 0.25) is 0 Å². The Balaban J connectivity index is 1.82. The van der Waals surface area contributed by atoms with Gasteiger partial charge in [-0.15, -0.1) is 0 Å². The molecule has 0 saturated heterocycles. The lowest BCUT2D eigenvalue weighted by atomic mass is 10.2. The summed E-state index contributed by atoms with van der Waals surface area (Å²) in [6, 6.07) is 16.1. The molecule has 1 heterocycles. The van der Waals surface area contributed by atoms with Gasteiger partial charge in [-0.1, -0.05) is 42.5 Å². The van der Waals surface area contributed by atoms with Crippen LogP contribution < -0.4 is 4.18 Å². The second-order valence-corrected chi connectivity index (χ2v) is 5.90. The van der Waals surface area contributed by atoms with Crippen molar-refractivity contribution in [1.82, 2.24) is 9.97 Å². The third-order valence-corrected chi connectivity index (χ3v) is 3.86. The Labute approximate surface area is 116 Å². The van der Waals surface area contributed by atoms with Crippen LogP contribution >= 0.6 is 0 Å². The van der Waals surface area contributed by atoms with Crippen molar-refractivity contribution in [2.24, 2.45) is 0 Å². The number of aromatic nitrogens is 2. The molecule has 0 radical (unpaired) electrons. The third-order valence-electron chi connectivity index (χ3n) is 2.76. The molecule has 2 aromatic carbocycles. The SMILES string of the molecule is O=S(=O)(Cc1ccccc1)Oc1nc2ccccc2[nH]1. The number of para-hydroxylation sites is 2. The molecule has 0 aliphatic heterocycles. The number of benzene rings is 2. The molecule has 5 nitrogen and oxygen atoms in total. The molecular weight excluding hydrogens is 276 g/mol. The largest absolute Gasteiger partial charge is 0.345 e. The van der Waals surface area contributed by atoms with Gasteiger partial charge in [-0.05, 0) is 17.7 Å². The molecule has 102 valence electrons. The van der Waals surface area contributed by atoms with E-state index < -0.39 is 10.1 Å². The van der Waals surface area contributed by atoms with Crippen LogP contribution in [0.3, 0.4) is 0 Å². The van der Waals surface area contributed by atoms with Crippen LogP contribution in [0.25, 0.3) is 11.0 Å². The number of nitrogens with one attached hydrogen (secondary N) is 1. The first kappa shape index (κ1) is 12.7. The molecule has 1 N–H and O–H groups in total. The highest BCUT2D eigenvalue weighted by Crippen LogP contribution is 2.17. The normalized spacial score (nSPS) is 11.6. The summed E-state index contributed by atoms with van der Waals surface area (Å²) in [5, 5.41) is 0. The Morgan fingerprint density at radius 2 is 1.70 bits per heavy atom. The van der Waals surface area contributed by atoms with E-state index in [1.807, 2.05) is 18.2 Å². The number of rotatable bonds is 4. The van der Waals surface area contributed by atoms with Crippen LogP contribution in [0.4, 0.5) is 0 Å². The molecule has 0 aliphatic rings. The minimum atomic E-state index is -3.73. The highest BCUT2D eigenvalue weighted by Gasteiger charge is 2.16. The molecule has 0 saturated carbocycles. The third kappa shape index (κ3) is 2.80. The van der Waals surface area contributed by atoms with Crippen LogP contribution in [0.1, 0.15) is 5.56 Å². The maximum Gasteiger partial charge on any atom is 0.316 e. The van der Waals surface area contributed by atoms with Crippen LogP contribution in [0, 0.1) is 0 Å². The molecule has 3 rings (SSSR count). The van der Waals surface area contributed by atoms with Gasteiger partial charge in [0, 0.05) is 0 Å². The summed E-state index contributed by atoms with van der Waals surface area (Å²) in [6.45, 7) is 0. The maximum absolute atomic E-state index is 12.0. The first-order chi connectivity index (χ1) is 9.62. The number of nitrogens with zero attached hydrogens (tertiary/aromatic N) is 1. The smallest absolute Gasteiger partial charge is 0.316 e. The average Bonchev–Trinajstić information content (AvgIpc) is 2.80. The van der Waals surface area contributed by atoms with E-state index in [-0.39, 0.29) is 11.8 Å². The fourth-order valence-electron chi connectivity index (χ4n) is 1.90. The molecule has 0 amide bonds. The molecule has 1 aromatic heterocycles. The van der Waals surface area contributed by atoms with E-state index in [1.54, 1.807) is 36.4 Å². The van der Waals surface area contributed by atoms with Crippen molar-refractivity contribution in [2.75, 3.05) is 0 Å². The maximum atomic E-state index is 12.0. The first-order valence-corrected chi connectivity index (χ1v) is 7.61. The van der Waals surface area contributed by atoms with Crippen molar-refractivity contribution in [1.29, 1.82) is 0 Å². The zero-order chi connectivity index (χ0) is 14.0. The standard InChI is InChI=1S/C14H12N2O3S/c17-20(18,10-11-6-2-1-3-7-11)19-14-15-12-8-4-5-9-13(12)16-14/h1-9H,10H2,(H,15,16). The molecule has 20 heavy (non-hydrogen) atoms. The second-order valence-electron chi connectivity index (χ2n) is 4.33. The van der Waals surface area contributed by atoms with E-state index in [0.717, 1.165) is 5.52 Å². The Morgan fingerprint density at radius 3 is 2.45 bits per heavy atom. The lowest BCUT2D eigenvalue weighted by Gasteiger charge is -2.03. The van der Waals surface area contributed by atoms with E-state index in [0.29, 0.717) is 11.1 Å². The number of aromatic amines is 1. The molecule has 0 bridgehead atoms. The quantitative estimate of drug-likeness (QED) is 0.749. The van der Waals surface area contributed by atoms with Crippen molar-refractivity contribution in [2.45, 2.75) is 5.75 Å². The van der Waals surface area contributed by atoms with Gasteiger partial charge in [0.15, 0.2) is 0 Å². The van der Waals surface area contributed by atoms with Crippen molar-refractivity contribution in [3.05, 3.63) is 60.2 Å². The van der Waals surface area contributed by atoms with E-state index in [2.05, 4.69) is 9.97 Å². The minimum absolute atomic E-state index is 0.0119. The Bertz CT molecular complexity index is 793. The molecule has 0 unspecified atom stereocenters. The highest BCUT2D eigenvalue weighted by atomic mass is 32.2. The Morgan fingerprint density at radius 1 is 1.00 bits per heavy atom. The summed E-state index contributed by atoms with van der Waals surface area (Å²) < 4.78 is 28.9. The Hall–Kier alpha value is -2.34. The first-order valence-electron chi connectivity index (χ1n) is 6.03. The highest BCUT2D eigenvalue weighted by molar-refractivity contribution is 7.86. The topological polar surface area (TPSA) is 72.1 Å². The number of hydrogen-bond donors (Lipinski definition) is 1. The summed E-state index contributed by atoms with van der Waals surface area (Å²) in [5.74, 6) is -0.190. The van der Waals surface area contributed by atoms with Crippen LogP contribution in [0.2, 0.25) is 0 Å². The fourth-order valence-corrected chi connectivity index (χ4v) is 2.88. The molecule has 0 aliphatic carbocycles. The number of fused-ring (bicyclic) bond motifs is 1. The van der Waals surface area contributed by atoms with Gasteiger partial charge in [-0.2, -0.15) is 13.4 Å². The zero-order valence-corrected chi connectivity index (χ0v) is 11.3. The molecule has 0 fully saturated rings. The van der Waals surface area contributed by atoms with Gasteiger partial charge in [0.05, 0.1) is 11.0 Å². The van der Waals surface area contributed by atoms with E-state index in [9.17, 15) is 8.42 Å². The summed E-state index contributed by atoms with van der Waals surface area (Å²) in [4.78, 5) is 6.91. The summed E-state index contributed by atoms with van der Waals surface area (Å²) >= 11 is 0. The van der Waals surface area contributed by atoms with Crippen LogP contribution in [-0.4, -0.2) is 18.4 Å². The molecule has 0 atom stereocenters. The van der Waals surface area contributed by atoms with Crippen LogP contribution in [0.15, 0.2) is 54.6 Å². The van der Waals surface area contributed by atoms with Crippen LogP contribution in [0.5, 0.6) is 6.01 Å². The number of hydrogen-bond acceptors (Lipinski definition) is 4. The van der Waals surface area contributed by atoms with Gasteiger partial charge in [0.1, 0.15) is 5.75 Å². The zero-order valence-electron chi connectivity index (χ0n) is 10.5. The van der Waals surface area contributed by atoms with Crippen molar-refractivity contribution in [3.8, 4) is 6.01 Å². The second kappa shape index (κ2) is 4.97. The van der Waals surface area contributed by atoms with Gasteiger partial charge in [-0.25, -0.2) is 0 Å². The lowest BCUT2D eigenvalue weighted by Crippen LogP contribution is -2.12. The summed E-state index contributed by atoms with van der Waals surface area (Å²) in [7, 11) is -3.73. The average molecular weight is 288 g/mol. The van der Waals surface area contributed by atoms with E-state index in [4.69, 9.17) is 4.18 Å². The van der Waals surface area contributed by atoms with Crippen molar-refractivity contribution >= 4 is 21.2 Å². The van der Waals surface area contributed by atoms with E-state index >= 15 is 0 Å². The van der Waals surface area contributed by atoms with Crippen molar-refractivity contribution < 1.29 is 12.6 Å². The van der Waals surface area contributed by atoms with Gasteiger partial charge < -0.3 is 9.17 Å². The van der Waals surface area contributed by atoms with Crippen molar-refractivity contribution in [3.63, 3.8) is 0 Å². The van der Waals surface area contributed by atoms with Gasteiger partial charge in [0.25, 0.3) is 0 Å². The van der Waals surface area contributed by atoms with Crippen LogP contribution in [-0.2, 0) is 15.9 Å². The van der Waals surface area contributed by atoms with E-state index in [1.165, 1.54) is 0 Å². The van der Waals surface area contributed by atoms with Gasteiger partial charge >= 0.3 is 16.1 Å². The number of H-pyrrole nitrogens is 1. The molecule has 6 heteroatoms. The predicted octanol–water partition coefficient (Wildman–Crippen LogP) is 2.47.